The highest BCUT2D eigenvalue weighted by Crippen LogP contribution is 2.09. The molecule has 1 aromatic rings. The molecule has 0 aromatic heterocycles. The van der Waals surface area contributed by atoms with Crippen LogP contribution in [0.1, 0.15) is 30.1 Å². The number of amides is 1. The van der Waals surface area contributed by atoms with Gasteiger partial charge in [0, 0.05) is 21.1 Å². The summed E-state index contributed by atoms with van der Waals surface area (Å²) in [4.78, 5) is 11.9. The van der Waals surface area contributed by atoms with Gasteiger partial charge >= 0.3 is 0 Å². The van der Waals surface area contributed by atoms with Crippen molar-refractivity contribution in [1.82, 2.24) is 5.32 Å². The number of nitrogens with one attached hydrogen (secondary N) is 1. The van der Waals surface area contributed by atoms with E-state index in [2.05, 4.69) is 27.9 Å². The van der Waals surface area contributed by atoms with E-state index in [0.29, 0.717) is 11.4 Å². The lowest BCUT2D eigenvalue weighted by Crippen LogP contribution is -2.34. The Morgan fingerprint density at radius 1 is 1.56 bits per heavy atom. The normalized spacial score (nSPS) is 12.2. The Morgan fingerprint density at radius 2 is 2.31 bits per heavy atom. The zero-order valence-electron chi connectivity index (χ0n) is 9.17. The smallest absolute Gasteiger partial charge is 0.251 e. The largest absolute Gasteiger partial charge is 0.349 e. The Hall–Kier alpha value is -0.290. The molecule has 1 aromatic carbocycles. The summed E-state index contributed by atoms with van der Waals surface area (Å²) >= 11 is 7.87. The van der Waals surface area contributed by atoms with E-state index in [4.69, 9.17) is 11.6 Å². The van der Waals surface area contributed by atoms with Crippen molar-refractivity contribution in [3.63, 3.8) is 0 Å². The first kappa shape index (κ1) is 13.8. The minimum Gasteiger partial charge on any atom is -0.349 e. The second-order valence-electron chi connectivity index (χ2n) is 3.57. The topological polar surface area (TPSA) is 29.1 Å². The molecule has 0 saturated carbocycles. The van der Waals surface area contributed by atoms with Gasteiger partial charge in [-0.2, -0.15) is 0 Å². The highest BCUT2D eigenvalue weighted by molar-refractivity contribution is 14.1. The van der Waals surface area contributed by atoms with Crippen LogP contribution in [-0.2, 0) is 0 Å². The molecule has 1 unspecified atom stereocenters. The van der Waals surface area contributed by atoms with E-state index in [1.165, 1.54) is 0 Å². The van der Waals surface area contributed by atoms with Gasteiger partial charge in [0.05, 0.1) is 0 Å². The van der Waals surface area contributed by atoms with Crippen LogP contribution >= 0.6 is 34.2 Å². The maximum atomic E-state index is 11.9. The summed E-state index contributed by atoms with van der Waals surface area (Å²) in [5.41, 5.74) is 0.708. The molecule has 0 aliphatic heterocycles. The SMILES string of the molecule is CCC(CCCl)NC(=O)c1cccc(I)c1. The third-order valence-corrected chi connectivity index (χ3v) is 3.26. The molecular formula is C12H15ClINO. The zero-order valence-corrected chi connectivity index (χ0v) is 12.1. The third-order valence-electron chi connectivity index (χ3n) is 2.37. The van der Waals surface area contributed by atoms with Gasteiger partial charge in [-0.1, -0.05) is 13.0 Å². The Morgan fingerprint density at radius 3 is 2.88 bits per heavy atom. The molecule has 0 aliphatic rings. The van der Waals surface area contributed by atoms with Gasteiger partial charge in [-0.3, -0.25) is 4.79 Å². The van der Waals surface area contributed by atoms with Crippen molar-refractivity contribution in [2.45, 2.75) is 25.8 Å². The molecule has 4 heteroatoms. The fourth-order valence-electron chi connectivity index (χ4n) is 1.41. The summed E-state index contributed by atoms with van der Waals surface area (Å²) in [6.07, 6.45) is 1.72. The van der Waals surface area contributed by atoms with Crippen molar-refractivity contribution in [2.75, 3.05) is 5.88 Å². The van der Waals surface area contributed by atoms with Crippen molar-refractivity contribution in [3.05, 3.63) is 33.4 Å². The van der Waals surface area contributed by atoms with Crippen LogP contribution in [0.2, 0.25) is 0 Å². The van der Waals surface area contributed by atoms with Crippen molar-refractivity contribution in [1.29, 1.82) is 0 Å². The average molecular weight is 352 g/mol. The number of alkyl halides is 1. The van der Waals surface area contributed by atoms with Gasteiger partial charge in [-0.05, 0) is 53.6 Å². The maximum Gasteiger partial charge on any atom is 0.251 e. The van der Waals surface area contributed by atoms with Crippen LogP contribution in [0.3, 0.4) is 0 Å². The highest BCUT2D eigenvalue weighted by Gasteiger charge is 2.11. The third kappa shape index (κ3) is 4.29. The first-order valence-electron chi connectivity index (χ1n) is 5.29. The van der Waals surface area contributed by atoms with Crippen LogP contribution in [0.5, 0.6) is 0 Å². The van der Waals surface area contributed by atoms with Crippen LogP contribution in [0, 0.1) is 3.57 Å². The lowest BCUT2D eigenvalue weighted by Gasteiger charge is -2.15. The van der Waals surface area contributed by atoms with Gasteiger partial charge < -0.3 is 5.32 Å². The standard InChI is InChI=1S/C12H15ClINO/c1-2-11(6-7-13)15-12(16)9-4-3-5-10(14)8-9/h3-5,8,11H,2,6-7H2,1H3,(H,15,16). The maximum absolute atomic E-state index is 11.9. The minimum absolute atomic E-state index is 0.0181. The number of carbonyl (C=O) groups excluding carboxylic acids is 1. The number of rotatable bonds is 5. The number of halogens is 2. The first-order chi connectivity index (χ1) is 7.67. The molecule has 0 bridgehead atoms. The molecule has 1 N–H and O–H groups in total. The van der Waals surface area contributed by atoms with E-state index in [9.17, 15) is 4.79 Å². The van der Waals surface area contributed by atoms with E-state index in [0.717, 1.165) is 16.4 Å². The van der Waals surface area contributed by atoms with Crippen LogP contribution in [-0.4, -0.2) is 17.8 Å². The number of hydrogen-bond donors (Lipinski definition) is 1. The van der Waals surface area contributed by atoms with Crippen molar-refractivity contribution < 1.29 is 4.79 Å². The minimum atomic E-state index is -0.0181. The highest BCUT2D eigenvalue weighted by atomic mass is 127. The second-order valence-corrected chi connectivity index (χ2v) is 5.19. The van der Waals surface area contributed by atoms with Crippen LogP contribution in [0.15, 0.2) is 24.3 Å². The molecule has 0 spiro atoms. The monoisotopic (exact) mass is 351 g/mol. The van der Waals surface area contributed by atoms with Crippen LogP contribution < -0.4 is 5.32 Å². The van der Waals surface area contributed by atoms with Crippen molar-refractivity contribution in [2.24, 2.45) is 0 Å². The van der Waals surface area contributed by atoms with E-state index in [1.54, 1.807) is 0 Å². The molecular weight excluding hydrogens is 336 g/mol. The van der Waals surface area contributed by atoms with Gasteiger partial charge in [0.1, 0.15) is 0 Å². The van der Waals surface area contributed by atoms with Crippen molar-refractivity contribution >= 4 is 40.1 Å². The summed E-state index contributed by atoms with van der Waals surface area (Å²) in [7, 11) is 0. The van der Waals surface area contributed by atoms with Gasteiger partial charge in [0.2, 0.25) is 0 Å². The molecule has 16 heavy (non-hydrogen) atoms. The summed E-state index contributed by atoms with van der Waals surface area (Å²) in [5, 5.41) is 2.98. The number of benzene rings is 1. The lowest BCUT2D eigenvalue weighted by atomic mass is 10.1. The number of carbonyl (C=O) groups is 1. The summed E-state index contributed by atoms with van der Waals surface area (Å²) in [6, 6.07) is 7.73. The molecule has 0 radical (unpaired) electrons. The van der Waals surface area contributed by atoms with E-state index in [1.807, 2.05) is 31.2 Å². The summed E-state index contributed by atoms with van der Waals surface area (Å²) in [6.45, 7) is 2.05. The second kappa shape index (κ2) is 7.12. The Kier molecular flexibility index (Phi) is 6.13. The molecule has 0 aliphatic carbocycles. The van der Waals surface area contributed by atoms with E-state index in [-0.39, 0.29) is 11.9 Å². The molecule has 88 valence electrons. The molecule has 1 rings (SSSR count). The molecule has 1 atom stereocenters. The van der Waals surface area contributed by atoms with Gasteiger partial charge in [0.15, 0.2) is 0 Å². The predicted molar refractivity (Wildman–Crippen MR) is 76.0 cm³/mol. The zero-order chi connectivity index (χ0) is 12.0. The first-order valence-corrected chi connectivity index (χ1v) is 6.91. The fourth-order valence-corrected chi connectivity index (χ4v) is 2.22. The van der Waals surface area contributed by atoms with Gasteiger partial charge in [0.25, 0.3) is 5.91 Å². The number of hydrogen-bond acceptors (Lipinski definition) is 1. The predicted octanol–water partition coefficient (Wildman–Crippen LogP) is 3.43. The molecule has 0 saturated heterocycles. The van der Waals surface area contributed by atoms with Crippen LogP contribution in [0.25, 0.3) is 0 Å². The molecule has 1 amide bonds. The molecule has 0 heterocycles. The molecule has 0 fully saturated rings. The van der Waals surface area contributed by atoms with E-state index < -0.39 is 0 Å². The average Bonchev–Trinajstić information content (AvgIpc) is 2.28. The quantitative estimate of drug-likeness (QED) is 0.639. The van der Waals surface area contributed by atoms with Gasteiger partial charge in [-0.25, -0.2) is 0 Å². The van der Waals surface area contributed by atoms with E-state index >= 15 is 0 Å². The van der Waals surface area contributed by atoms with Crippen molar-refractivity contribution in [3.8, 4) is 0 Å². The lowest BCUT2D eigenvalue weighted by molar-refractivity contribution is 0.0935. The van der Waals surface area contributed by atoms with Crippen LogP contribution in [0.4, 0.5) is 0 Å². The summed E-state index contributed by atoms with van der Waals surface area (Å²) < 4.78 is 1.07. The Labute approximate surface area is 115 Å². The Bertz CT molecular complexity index is 357. The Balaban J connectivity index is 2.64. The molecule has 2 nitrogen and oxygen atoms in total. The van der Waals surface area contributed by atoms with Gasteiger partial charge in [-0.15, -0.1) is 11.6 Å². The fraction of sp³-hybridized carbons (Fsp3) is 0.417. The summed E-state index contributed by atoms with van der Waals surface area (Å²) in [5.74, 6) is 0.556.